The lowest BCUT2D eigenvalue weighted by Gasteiger charge is -2.54. The summed E-state index contributed by atoms with van der Waals surface area (Å²) < 4.78 is 0. The Kier molecular flexibility index (Phi) is 6.13. The van der Waals surface area contributed by atoms with Gasteiger partial charge in [-0.25, -0.2) is 0 Å². The smallest absolute Gasteiger partial charge is 0.0774 e. The first-order valence-electron chi connectivity index (χ1n) is 9.49. The molecule has 0 bridgehead atoms. The third-order valence-corrected chi connectivity index (χ3v) is 6.35. The Balaban J connectivity index is 1.96. The van der Waals surface area contributed by atoms with Crippen LogP contribution in [0.3, 0.4) is 0 Å². The lowest BCUT2D eigenvalue weighted by atomic mass is 9.52. The second-order valence-corrected chi connectivity index (χ2v) is 8.76. The topological polar surface area (TPSA) is 40.5 Å². The molecule has 0 aliphatic heterocycles. The molecule has 2 aliphatic rings. The molecular formula is C21H36O2. The van der Waals surface area contributed by atoms with Gasteiger partial charge in [-0.05, 0) is 69.1 Å². The van der Waals surface area contributed by atoms with Crippen LogP contribution in [0.25, 0.3) is 0 Å². The summed E-state index contributed by atoms with van der Waals surface area (Å²) in [5.74, 6) is 1.88. The van der Waals surface area contributed by atoms with Crippen molar-refractivity contribution in [1.82, 2.24) is 0 Å². The highest BCUT2D eigenvalue weighted by molar-refractivity contribution is 5.08. The van der Waals surface area contributed by atoms with Gasteiger partial charge in [-0.15, -0.1) is 0 Å². The summed E-state index contributed by atoms with van der Waals surface area (Å²) in [6.45, 7) is 8.40. The number of fused-ring (bicyclic) bond motifs is 1. The fraction of sp³-hybridized carbons (Fsp3) is 0.810. The average molecular weight is 321 g/mol. The predicted molar refractivity (Wildman–Crippen MR) is 97.2 cm³/mol. The highest BCUT2D eigenvalue weighted by Gasteiger charge is 2.49. The zero-order valence-electron chi connectivity index (χ0n) is 15.5. The second kappa shape index (κ2) is 7.53. The van der Waals surface area contributed by atoms with E-state index in [0.29, 0.717) is 17.3 Å². The standard InChI is InChI=1S/C21H36O2/c1-16(10-6-5-7-14-20(2,3)23)17-11-8-12-18-19(22)13-9-15-21(17,18)4/h5-7,14,16-19,22-23H,8-13,15H2,1-4H3/t16-,17?,18?,19?,21?/m1/s1. The van der Waals surface area contributed by atoms with Gasteiger partial charge >= 0.3 is 0 Å². The van der Waals surface area contributed by atoms with Gasteiger partial charge < -0.3 is 10.2 Å². The maximum Gasteiger partial charge on any atom is 0.0774 e. The van der Waals surface area contributed by atoms with Crippen LogP contribution in [-0.2, 0) is 0 Å². The second-order valence-electron chi connectivity index (χ2n) is 8.76. The fourth-order valence-corrected chi connectivity index (χ4v) is 5.15. The van der Waals surface area contributed by atoms with Crippen LogP contribution in [0, 0.1) is 23.2 Å². The first-order valence-corrected chi connectivity index (χ1v) is 9.49. The minimum Gasteiger partial charge on any atom is -0.393 e. The molecule has 0 heterocycles. The van der Waals surface area contributed by atoms with Crippen LogP contribution >= 0.6 is 0 Å². The van der Waals surface area contributed by atoms with Crippen LogP contribution in [0.2, 0.25) is 0 Å². The summed E-state index contributed by atoms with van der Waals surface area (Å²) in [4.78, 5) is 0. The molecule has 0 amide bonds. The SMILES string of the molecule is C[C@H](CC=CC=CC(C)(C)O)C1CCCC2C(O)CCCC21C. The zero-order valence-corrected chi connectivity index (χ0v) is 15.5. The number of hydrogen-bond acceptors (Lipinski definition) is 2. The predicted octanol–water partition coefficient (Wildman–Crippen LogP) is 4.86. The number of allylic oxidation sites excluding steroid dienone is 3. The van der Waals surface area contributed by atoms with Crippen molar-refractivity contribution in [3.05, 3.63) is 24.3 Å². The van der Waals surface area contributed by atoms with Crippen molar-refractivity contribution in [3.8, 4) is 0 Å². The van der Waals surface area contributed by atoms with Gasteiger partial charge in [0.1, 0.15) is 0 Å². The summed E-state index contributed by atoms with van der Waals surface area (Å²) in [5, 5.41) is 20.1. The molecule has 4 unspecified atom stereocenters. The van der Waals surface area contributed by atoms with Crippen LogP contribution < -0.4 is 0 Å². The maximum atomic E-state index is 10.4. The number of aliphatic hydroxyl groups is 2. The summed E-state index contributed by atoms with van der Waals surface area (Å²) in [6.07, 6.45) is 16.3. The molecule has 0 aromatic carbocycles. The third-order valence-electron chi connectivity index (χ3n) is 6.35. The molecule has 0 aromatic rings. The van der Waals surface area contributed by atoms with Crippen molar-refractivity contribution in [2.24, 2.45) is 23.2 Å². The van der Waals surface area contributed by atoms with Crippen molar-refractivity contribution in [2.45, 2.75) is 84.3 Å². The molecule has 0 saturated heterocycles. The zero-order chi connectivity index (χ0) is 17.1. The Morgan fingerprint density at radius 1 is 1.17 bits per heavy atom. The molecule has 2 rings (SSSR count). The van der Waals surface area contributed by atoms with Gasteiger partial charge in [0.15, 0.2) is 0 Å². The van der Waals surface area contributed by atoms with Gasteiger partial charge in [0.2, 0.25) is 0 Å². The summed E-state index contributed by atoms with van der Waals surface area (Å²) >= 11 is 0. The van der Waals surface area contributed by atoms with Crippen LogP contribution in [0.1, 0.15) is 72.6 Å². The normalized spacial score (nSPS) is 37.2. The Morgan fingerprint density at radius 3 is 2.61 bits per heavy atom. The average Bonchev–Trinajstić information content (AvgIpc) is 2.44. The summed E-state index contributed by atoms with van der Waals surface area (Å²) in [7, 11) is 0. The van der Waals surface area contributed by atoms with E-state index in [1.54, 1.807) is 13.8 Å². The Hall–Kier alpha value is -0.600. The van der Waals surface area contributed by atoms with Crippen molar-refractivity contribution in [1.29, 1.82) is 0 Å². The quantitative estimate of drug-likeness (QED) is 0.710. The third kappa shape index (κ3) is 4.70. The molecule has 5 atom stereocenters. The van der Waals surface area contributed by atoms with E-state index in [1.807, 2.05) is 12.2 Å². The molecule has 0 aromatic heterocycles. The highest BCUT2D eigenvalue weighted by Crippen LogP contribution is 2.55. The van der Waals surface area contributed by atoms with E-state index in [0.717, 1.165) is 18.8 Å². The summed E-state index contributed by atoms with van der Waals surface area (Å²) in [5.41, 5.74) is -0.412. The van der Waals surface area contributed by atoms with Gasteiger partial charge in [0.05, 0.1) is 11.7 Å². The lowest BCUT2D eigenvalue weighted by molar-refractivity contribution is -0.0913. The maximum absolute atomic E-state index is 10.4. The molecule has 2 saturated carbocycles. The molecule has 0 spiro atoms. The fourth-order valence-electron chi connectivity index (χ4n) is 5.15. The van der Waals surface area contributed by atoms with Crippen molar-refractivity contribution in [2.75, 3.05) is 0 Å². The van der Waals surface area contributed by atoms with E-state index >= 15 is 0 Å². The summed E-state index contributed by atoms with van der Waals surface area (Å²) in [6, 6.07) is 0. The highest BCUT2D eigenvalue weighted by atomic mass is 16.3. The Bertz CT molecular complexity index is 432. The number of rotatable bonds is 5. The van der Waals surface area contributed by atoms with Crippen LogP contribution in [0.5, 0.6) is 0 Å². The molecule has 132 valence electrons. The first kappa shape index (κ1) is 18.7. The van der Waals surface area contributed by atoms with E-state index in [-0.39, 0.29) is 6.10 Å². The van der Waals surface area contributed by atoms with Gasteiger partial charge in [-0.2, -0.15) is 0 Å². The van der Waals surface area contributed by atoms with Gasteiger partial charge in [-0.1, -0.05) is 51.0 Å². The van der Waals surface area contributed by atoms with E-state index in [2.05, 4.69) is 26.0 Å². The molecule has 23 heavy (non-hydrogen) atoms. The largest absolute Gasteiger partial charge is 0.393 e. The minimum atomic E-state index is -0.738. The number of hydrogen-bond donors (Lipinski definition) is 2. The van der Waals surface area contributed by atoms with E-state index in [4.69, 9.17) is 0 Å². The molecule has 2 N–H and O–H groups in total. The first-order chi connectivity index (χ1) is 10.7. The molecule has 2 fully saturated rings. The van der Waals surface area contributed by atoms with Crippen molar-refractivity contribution < 1.29 is 10.2 Å². The lowest BCUT2D eigenvalue weighted by Crippen LogP contribution is -2.49. The van der Waals surface area contributed by atoms with Crippen LogP contribution in [0.4, 0.5) is 0 Å². The molecule has 2 aliphatic carbocycles. The van der Waals surface area contributed by atoms with Crippen molar-refractivity contribution >= 4 is 0 Å². The van der Waals surface area contributed by atoms with Crippen LogP contribution in [-0.4, -0.2) is 21.9 Å². The van der Waals surface area contributed by atoms with E-state index in [1.165, 1.54) is 32.1 Å². The van der Waals surface area contributed by atoms with E-state index < -0.39 is 5.60 Å². The molecule has 0 radical (unpaired) electrons. The molecule has 2 nitrogen and oxygen atoms in total. The Labute approximate surface area is 142 Å². The Morgan fingerprint density at radius 2 is 1.91 bits per heavy atom. The number of aliphatic hydroxyl groups excluding tert-OH is 1. The van der Waals surface area contributed by atoms with E-state index in [9.17, 15) is 10.2 Å². The molecule has 2 heteroatoms. The van der Waals surface area contributed by atoms with Gasteiger partial charge in [0.25, 0.3) is 0 Å². The molecular weight excluding hydrogens is 284 g/mol. The van der Waals surface area contributed by atoms with Gasteiger partial charge in [-0.3, -0.25) is 0 Å². The van der Waals surface area contributed by atoms with Gasteiger partial charge in [0, 0.05) is 0 Å². The van der Waals surface area contributed by atoms with Crippen LogP contribution in [0.15, 0.2) is 24.3 Å². The van der Waals surface area contributed by atoms with Crippen molar-refractivity contribution in [3.63, 3.8) is 0 Å². The monoisotopic (exact) mass is 320 g/mol. The minimum absolute atomic E-state index is 0.0750.